The Balaban J connectivity index is 1.38. The molecule has 6 aromatic rings. The van der Waals surface area contributed by atoms with Gasteiger partial charge in [-0.15, -0.1) is 10.2 Å². The van der Waals surface area contributed by atoms with Crippen molar-refractivity contribution in [1.29, 1.82) is 0 Å². The van der Waals surface area contributed by atoms with Gasteiger partial charge in [-0.25, -0.2) is 0 Å². The number of hydrogen-bond donors (Lipinski definition) is 2. The van der Waals surface area contributed by atoms with Gasteiger partial charge < -0.3 is 19.6 Å². The van der Waals surface area contributed by atoms with Crippen LogP contribution in [0.2, 0.25) is 0 Å². The molecule has 2 aromatic heterocycles. The number of benzene rings is 4. The molecule has 42 heavy (non-hydrogen) atoms. The molecule has 1 amide bonds. The van der Waals surface area contributed by atoms with Crippen molar-refractivity contribution in [3.05, 3.63) is 149 Å². The second-order valence-corrected chi connectivity index (χ2v) is 10.3. The molecule has 0 aliphatic heterocycles. The molecule has 0 fully saturated rings. The summed E-state index contributed by atoms with van der Waals surface area (Å²) in [6.45, 7) is 0.571. The van der Waals surface area contributed by atoms with E-state index in [9.17, 15) is 4.79 Å². The van der Waals surface area contributed by atoms with Crippen molar-refractivity contribution >= 4 is 16.8 Å². The first kappa shape index (κ1) is 27.0. The van der Waals surface area contributed by atoms with Crippen LogP contribution in [-0.4, -0.2) is 32.8 Å². The van der Waals surface area contributed by atoms with Crippen LogP contribution < -0.4 is 10.1 Å². The Morgan fingerprint density at radius 3 is 2.31 bits per heavy atom. The maximum atomic E-state index is 13.5. The number of carbonyl (C=O) groups is 1. The summed E-state index contributed by atoms with van der Waals surface area (Å²) in [5.74, 6) is 2.26. The summed E-state index contributed by atoms with van der Waals surface area (Å²) in [5, 5.41) is 13.8. The Labute approximate surface area is 245 Å². The van der Waals surface area contributed by atoms with E-state index in [4.69, 9.17) is 9.84 Å². The lowest BCUT2D eigenvalue weighted by Gasteiger charge is -2.20. The van der Waals surface area contributed by atoms with Crippen LogP contribution in [-0.2, 0) is 25.8 Å². The first-order valence-electron chi connectivity index (χ1n) is 14.2. The van der Waals surface area contributed by atoms with E-state index in [1.54, 1.807) is 7.11 Å². The smallest absolute Gasteiger partial charge is 0.251 e. The van der Waals surface area contributed by atoms with Gasteiger partial charge in [0.25, 0.3) is 5.91 Å². The van der Waals surface area contributed by atoms with Crippen LogP contribution >= 0.6 is 0 Å². The monoisotopic (exact) mass is 555 g/mol. The quantitative estimate of drug-likeness (QED) is 0.196. The van der Waals surface area contributed by atoms with E-state index in [1.807, 2.05) is 66.9 Å². The lowest BCUT2D eigenvalue weighted by molar-refractivity contribution is 0.0934. The van der Waals surface area contributed by atoms with Crippen molar-refractivity contribution in [2.75, 3.05) is 7.11 Å². The molecular formula is C35H33N5O2. The SMILES string of the molecule is COc1ccc(Cn2c(CCc3ccccc3)nnc2C(Cc2c[nH]c3ccccc23)NC(=O)c2ccccc2)cc1. The molecule has 7 heteroatoms. The number of rotatable bonds is 11. The second kappa shape index (κ2) is 12.6. The molecule has 0 spiro atoms. The van der Waals surface area contributed by atoms with Crippen molar-refractivity contribution < 1.29 is 9.53 Å². The molecule has 0 aliphatic rings. The highest BCUT2D eigenvalue weighted by atomic mass is 16.5. The van der Waals surface area contributed by atoms with Gasteiger partial charge in [-0.05, 0) is 53.4 Å². The van der Waals surface area contributed by atoms with E-state index in [-0.39, 0.29) is 5.91 Å². The predicted molar refractivity (Wildman–Crippen MR) is 165 cm³/mol. The molecule has 2 N–H and O–H groups in total. The Kier molecular flexibility index (Phi) is 8.08. The summed E-state index contributed by atoms with van der Waals surface area (Å²) in [4.78, 5) is 16.9. The first-order chi connectivity index (χ1) is 20.7. The van der Waals surface area contributed by atoms with Gasteiger partial charge in [0, 0.05) is 35.5 Å². The van der Waals surface area contributed by atoms with E-state index in [2.05, 4.69) is 68.5 Å². The molecule has 0 radical (unpaired) electrons. The van der Waals surface area contributed by atoms with Crippen LogP contribution in [0.3, 0.4) is 0 Å². The average molecular weight is 556 g/mol. The standard InChI is InChI=1S/C35H33N5O2/c1-42-29-19-16-26(17-20-29)24-40-33(21-18-25-10-4-2-5-11-25)38-39-34(40)32(37-35(41)27-12-6-3-7-13-27)22-28-23-36-31-15-9-8-14-30(28)31/h2-17,19-20,23,32,36H,18,21-22,24H2,1H3,(H,37,41). The highest BCUT2D eigenvalue weighted by Crippen LogP contribution is 2.26. The summed E-state index contributed by atoms with van der Waals surface area (Å²) in [5.41, 5.74) is 5.11. The Hall–Kier alpha value is -5.17. The minimum atomic E-state index is -0.409. The molecule has 0 aliphatic carbocycles. The molecule has 7 nitrogen and oxygen atoms in total. The molecule has 0 bridgehead atoms. The van der Waals surface area contributed by atoms with E-state index >= 15 is 0 Å². The van der Waals surface area contributed by atoms with Gasteiger partial charge in [-0.3, -0.25) is 4.79 Å². The zero-order valence-electron chi connectivity index (χ0n) is 23.5. The molecule has 1 unspecified atom stereocenters. The second-order valence-electron chi connectivity index (χ2n) is 10.3. The Morgan fingerprint density at radius 1 is 0.833 bits per heavy atom. The maximum absolute atomic E-state index is 13.5. The first-order valence-corrected chi connectivity index (χ1v) is 14.2. The summed E-state index contributed by atoms with van der Waals surface area (Å²) in [6, 6.07) is 35.5. The number of ether oxygens (including phenoxy) is 1. The third kappa shape index (κ3) is 6.10. The number of carbonyl (C=O) groups excluding carboxylic acids is 1. The minimum absolute atomic E-state index is 0.148. The topological polar surface area (TPSA) is 84.8 Å². The van der Waals surface area contributed by atoms with Crippen LogP contribution in [0.4, 0.5) is 0 Å². The van der Waals surface area contributed by atoms with Gasteiger partial charge in [-0.1, -0.05) is 78.9 Å². The van der Waals surface area contributed by atoms with E-state index in [0.717, 1.165) is 52.3 Å². The van der Waals surface area contributed by atoms with Gasteiger partial charge in [0.2, 0.25) is 0 Å². The van der Waals surface area contributed by atoms with Crippen molar-refractivity contribution in [1.82, 2.24) is 25.1 Å². The lowest BCUT2D eigenvalue weighted by Crippen LogP contribution is -2.32. The Morgan fingerprint density at radius 2 is 1.55 bits per heavy atom. The Bertz CT molecular complexity index is 1760. The van der Waals surface area contributed by atoms with Crippen molar-refractivity contribution in [3.63, 3.8) is 0 Å². The predicted octanol–water partition coefficient (Wildman–Crippen LogP) is 6.32. The minimum Gasteiger partial charge on any atom is -0.497 e. The molecule has 4 aromatic carbocycles. The van der Waals surface area contributed by atoms with E-state index in [0.29, 0.717) is 18.5 Å². The van der Waals surface area contributed by atoms with Crippen molar-refractivity contribution in [2.45, 2.75) is 31.8 Å². The number of aromatic amines is 1. The highest BCUT2D eigenvalue weighted by Gasteiger charge is 2.25. The largest absolute Gasteiger partial charge is 0.497 e. The zero-order valence-corrected chi connectivity index (χ0v) is 23.5. The number of methoxy groups -OCH3 is 1. The summed E-state index contributed by atoms with van der Waals surface area (Å²) in [7, 11) is 1.67. The van der Waals surface area contributed by atoms with Gasteiger partial charge in [0.15, 0.2) is 5.82 Å². The molecular weight excluding hydrogens is 522 g/mol. The number of hydrogen-bond acceptors (Lipinski definition) is 4. The summed E-state index contributed by atoms with van der Waals surface area (Å²) in [6.07, 6.45) is 4.14. The van der Waals surface area contributed by atoms with Gasteiger partial charge in [-0.2, -0.15) is 0 Å². The molecule has 0 saturated heterocycles. The molecule has 6 rings (SSSR count). The molecule has 1 atom stereocenters. The van der Waals surface area contributed by atoms with Crippen LogP contribution in [0.15, 0.2) is 115 Å². The van der Waals surface area contributed by atoms with Gasteiger partial charge in [0.05, 0.1) is 19.7 Å². The third-order valence-electron chi connectivity index (χ3n) is 7.59. The van der Waals surface area contributed by atoms with Crippen molar-refractivity contribution in [2.24, 2.45) is 0 Å². The summed E-state index contributed by atoms with van der Waals surface area (Å²) >= 11 is 0. The number of nitrogens with zero attached hydrogens (tertiary/aromatic N) is 3. The molecule has 2 heterocycles. The molecule has 210 valence electrons. The van der Waals surface area contributed by atoms with E-state index in [1.165, 1.54) is 5.56 Å². The third-order valence-corrected chi connectivity index (χ3v) is 7.59. The van der Waals surface area contributed by atoms with E-state index < -0.39 is 6.04 Å². The highest BCUT2D eigenvalue weighted by molar-refractivity contribution is 5.94. The lowest BCUT2D eigenvalue weighted by atomic mass is 10.0. The normalized spacial score (nSPS) is 11.8. The van der Waals surface area contributed by atoms with Gasteiger partial charge >= 0.3 is 0 Å². The zero-order chi connectivity index (χ0) is 28.7. The fourth-order valence-electron chi connectivity index (χ4n) is 5.34. The van der Waals surface area contributed by atoms with Gasteiger partial charge in [0.1, 0.15) is 11.6 Å². The average Bonchev–Trinajstić information content (AvgIpc) is 3.64. The van der Waals surface area contributed by atoms with Crippen LogP contribution in [0.1, 0.15) is 44.7 Å². The fourth-order valence-corrected chi connectivity index (χ4v) is 5.34. The number of aryl methyl sites for hydroxylation is 2. The van der Waals surface area contributed by atoms with Crippen LogP contribution in [0.25, 0.3) is 10.9 Å². The maximum Gasteiger partial charge on any atom is 0.251 e. The number of para-hydroxylation sites is 1. The number of H-pyrrole nitrogens is 1. The number of aromatic nitrogens is 4. The number of amides is 1. The molecule has 0 saturated carbocycles. The van der Waals surface area contributed by atoms with Crippen molar-refractivity contribution in [3.8, 4) is 5.75 Å². The number of nitrogens with one attached hydrogen (secondary N) is 2. The number of fused-ring (bicyclic) bond motifs is 1. The van der Waals surface area contributed by atoms with Crippen LogP contribution in [0.5, 0.6) is 5.75 Å². The summed E-state index contributed by atoms with van der Waals surface area (Å²) < 4.78 is 7.54. The van der Waals surface area contributed by atoms with Crippen LogP contribution in [0, 0.1) is 0 Å². The fraction of sp³-hybridized carbons (Fsp3) is 0.171.